The van der Waals surface area contributed by atoms with Crippen molar-refractivity contribution < 1.29 is 18.3 Å². The van der Waals surface area contributed by atoms with E-state index in [0.29, 0.717) is 6.42 Å². The van der Waals surface area contributed by atoms with E-state index in [0.717, 1.165) is 6.42 Å². The molecule has 19 heavy (non-hydrogen) atoms. The maximum Gasteiger partial charge on any atom is 0.451 e. The fourth-order valence-electron chi connectivity index (χ4n) is 1.45. The number of aliphatic hydroxyl groups is 1. The summed E-state index contributed by atoms with van der Waals surface area (Å²) in [6.45, 7) is 2.06. The van der Waals surface area contributed by atoms with Gasteiger partial charge >= 0.3 is 6.18 Å². The first-order valence-corrected chi connectivity index (χ1v) is 5.92. The molecular formula is C11H17F3N4O. The van der Waals surface area contributed by atoms with Gasteiger partial charge in [0.15, 0.2) is 0 Å². The second-order valence-electron chi connectivity index (χ2n) is 4.03. The van der Waals surface area contributed by atoms with Gasteiger partial charge in [0.25, 0.3) is 0 Å². The lowest BCUT2D eigenvalue weighted by atomic mass is 10.2. The molecule has 0 amide bonds. The standard InChI is InChI=1S/C11H17F3N4O/c1-3-4-7(19)6-16-9-5-8(15-2)17-10(18-9)11(12,13)14/h5,7,19H,3-4,6H2,1-2H3,(H2,15,16,17,18). The Kier molecular flexibility index (Phi) is 5.34. The van der Waals surface area contributed by atoms with E-state index in [9.17, 15) is 18.3 Å². The Bertz CT molecular complexity index is 411. The number of nitrogens with zero attached hydrogens (tertiary/aromatic N) is 2. The highest BCUT2D eigenvalue weighted by Gasteiger charge is 2.35. The number of hydrogen-bond donors (Lipinski definition) is 3. The Morgan fingerprint density at radius 2 is 1.95 bits per heavy atom. The lowest BCUT2D eigenvalue weighted by Crippen LogP contribution is -2.21. The Balaban J connectivity index is 2.83. The minimum absolute atomic E-state index is 0.0295. The Morgan fingerprint density at radius 1 is 1.32 bits per heavy atom. The van der Waals surface area contributed by atoms with Gasteiger partial charge < -0.3 is 15.7 Å². The van der Waals surface area contributed by atoms with Crippen molar-refractivity contribution in [1.82, 2.24) is 9.97 Å². The quantitative estimate of drug-likeness (QED) is 0.743. The van der Waals surface area contributed by atoms with Gasteiger partial charge in [0.2, 0.25) is 5.82 Å². The number of rotatable bonds is 6. The van der Waals surface area contributed by atoms with E-state index in [1.807, 2.05) is 6.92 Å². The minimum atomic E-state index is -4.61. The van der Waals surface area contributed by atoms with Gasteiger partial charge in [-0.3, -0.25) is 0 Å². The van der Waals surface area contributed by atoms with Gasteiger partial charge in [-0.2, -0.15) is 13.2 Å². The molecular weight excluding hydrogens is 261 g/mol. The van der Waals surface area contributed by atoms with Gasteiger partial charge in [0.1, 0.15) is 11.6 Å². The monoisotopic (exact) mass is 278 g/mol. The van der Waals surface area contributed by atoms with E-state index in [1.54, 1.807) is 0 Å². The lowest BCUT2D eigenvalue weighted by molar-refractivity contribution is -0.144. The van der Waals surface area contributed by atoms with Crippen LogP contribution in [0.25, 0.3) is 0 Å². The summed E-state index contributed by atoms with van der Waals surface area (Å²) in [5, 5.41) is 14.7. The van der Waals surface area contributed by atoms with Crippen LogP contribution >= 0.6 is 0 Å². The van der Waals surface area contributed by atoms with Gasteiger partial charge in [-0.1, -0.05) is 13.3 Å². The third kappa shape index (κ3) is 4.90. The summed E-state index contributed by atoms with van der Waals surface area (Å²) in [6.07, 6.45) is -3.86. The van der Waals surface area contributed by atoms with Gasteiger partial charge in [0, 0.05) is 19.7 Å². The Morgan fingerprint density at radius 3 is 2.47 bits per heavy atom. The summed E-state index contributed by atoms with van der Waals surface area (Å²) in [4.78, 5) is 6.72. The van der Waals surface area contributed by atoms with Gasteiger partial charge in [-0.15, -0.1) is 0 Å². The van der Waals surface area contributed by atoms with Gasteiger partial charge in [0.05, 0.1) is 6.10 Å². The maximum absolute atomic E-state index is 12.6. The van der Waals surface area contributed by atoms with Crippen molar-refractivity contribution in [2.75, 3.05) is 24.2 Å². The molecule has 0 aromatic carbocycles. The second-order valence-corrected chi connectivity index (χ2v) is 4.03. The highest BCUT2D eigenvalue weighted by Crippen LogP contribution is 2.28. The van der Waals surface area contributed by atoms with Crippen LogP contribution in [0.2, 0.25) is 0 Å². The summed E-state index contributed by atoms with van der Waals surface area (Å²) in [6, 6.07) is 1.36. The number of aliphatic hydroxyl groups excluding tert-OH is 1. The molecule has 1 unspecified atom stereocenters. The minimum Gasteiger partial charge on any atom is -0.391 e. The molecule has 0 spiro atoms. The molecule has 0 aliphatic rings. The molecule has 0 saturated heterocycles. The molecule has 0 aliphatic heterocycles. The number of hydrogen-bond acceptors (Lipinski definition) is 5. The number of anilines is 2. The zero-order valence-electron chi connectivity index (χ0n) is 10.8. The molecule has 0 radical (unpaired) electrons. The van der Waals surface area contributed by atoms with E-state index in [-0.39, 0.29) is 18.2 Å². The molecule has 5 nitrogen and oxygen atoms in total. The topological polar surface area (TPSA) is 70.1 Å². The summed E-state index contributed by atoms with van der Waals surface area (Å²) in [7, 11) is 1.47. The van der Waals surface area contributed by atoms with Crippen molar-refractivity contribution in [3.05, 3.63) is 11.9 Å². The van der Waals surface area contributed by atoms with Crippen molar-refractivity contribution in [1.29, 1.82) is 0 Å². The Labute approximate surface area is 109 Å². The number of halogens is 3. The summed E-state index contributed by atoms with van der Waals surface area (Å²) in [5.41, 5.74) is 0. The average Bonchev–Trinajstić information content (AvgIpc) is 2.35. The zero-order valence-corrected chi connectivity index (χ0v) is 10.8. The first-order chi connectivity index (χ1) is 8.86. The molecule has 1 aromatic heterocycles. The molecule has 0 fully saturated rings. The van der Waals surface area contributed by atoms with Crippen LogP contribution in [0.4, 0.5) is 24.8 Å². The number of aromatic nitrogens is 2. The van der Waals surface area contributed by atoms with Crippen LogP contribution in [-0.2, 0) is 6.18 Å². The highest BCUT2D eigenvalue weighted by molar-refractivity contribution is 5.47. The first kappa shape index (κ1) is 15.5. The van der Waals surface area contributed by atoms with Crippen molar-refractivity contribution in [3.8, 4) is 0 Å². The predicted molar refractivity (Wildman–Crippen MR) is 66.0 cm³/mol. The summed E-state index contributed by atoms with van der Waals surface area (Å²) >= 11 is 0. The van der Waals surface area contributed by atoms with Crippen molar-refractivity contribution in [3.63, 3.8) is 0 Å². The van der Waals surface area contributed by atoms with E-state index < -0.39 is 18.1 Å². The fraction of sp³-hybridized carbons (Fsp3) is 0.636. The van der Waals surface area contributed by atoms with Crippen LogP contribution < -0.4 is 10.6 Å². The molecule has 1 rings (SSSR count). The summed E-state index contributed by atoms with van der Waals surface area (Å²) < 4.78 is 37.7. The first-order valence-electron chi connectivity index (χ1n) is 5.92. The Hall–Kier alpha value is -1.57. The number of nitrogens with one attached hydrogen (secondary N) is 2. The number of alkyl halides is 3. The smallest absolute Gasteiger partial charge is 0.391 e. The maximum atomic E-state index is 12.6. The third-order valence-electron chi connectivity index (χ3n) is 2.38. The van der Waals surface area contributed by atoms with Crippen LogP contribution in [-0.4, -0.2) is 34.8 Å². The SMILES string of the molecule is CCCC(O)CNc1cc(NC)nc(C(F)(F)F)n1. The van der Waals surface area contributed by atoms with E-state index >= 15 is 0 Å². The van der Waals surface area contributed by atoms with Gasteiger partial charge in [-0.25, -0.2) is 9.97 Å². The molecule has 0 bridgehead atoms. The molecule has 1 atom stereocenters. The highest BCUT2D eigenvalue weighted by atomic mass is 19.4. The van der Waals surface area contributed by atoms with Crippen LogP contribution in [0.5, 0.6) is 0 Å². The largest absolute Gasteiger partial charge is 0.451 e. The lowest BCUT2D eigenvalue weighted by Gasteiger charge is -2.13. The van der Waals surface area contributed by atoms with Crippen LogP contribution in [0.1, 0.15) is 25.6 Å². The van der Waals surface area contributed by atoms with Crippen LogP contribution in [0, 0.1) is 0 Å². The second kappa shape index (κ2) is 6.55. The van der Waals surface area contributed by atoms with E-state index in [1.165, 1.54) is 13.1 Å². The van der Waals surface area contributed by atoms with Crippen LogP contribution in [0.15, 0.2) is 6.07 Å². The molecule has 108 valence electrons. The predicted octanol–water partition coefficient (Wildman–Crippen LogP) is 2.11. The van der Waals surface area contributed by atoms with Crippen molar-refractivity contribution in [2.45, 2.75) is 32.0 Å². The zero-order chi connectivity index (χ0) is 14.5. The summed E-state index contributed by atoms with van der Waals surface area (Å²) in [5.74, 6) is -1.12. The normalized spacial score (nSPS) is 13.2. The third-order valence-corrected chi connectivity index (χ3v) is 2.38. The van der Waals surface area contributed by atoms with Gasteiger partial charge in [-0.05, 0) is 6.42 Å². The van der Waals surface area contributed by atoms with Crippen LogP contribution in [0.3, 0.4) is 0 Å². The molecule has 3 N–H and O–H groups in total. The molecule has 8 heteroatoms. The van der Waals surface area contributed by atoms with E-state index in [4.69, 9.17) is 0 Å². The van der Waals surface area contributed by atoms with Crippen molar-refractivity contribution in [2.24, 2.45) is 0 Å². The fourth-order valence-corrected chi connectivity index (χ4v) is 1.45. The molecule has 0 aliphatic carbocycles. The molecule has 1 heterocycles. The molecule has 0 saturated carbocycles. The molecule has 1 aromatic rings. The average molecular weight is 278 g/mol. The van der Waals surface area contributed by atoms with Crippen molar-refractivity contribution >= 4 is 11.6 Å². The van der Waals surface area contributed by atoms with E-state index in [2.05, 4.69) is 20.6 Å².